The molecule has 2 aromatic rings. The minimum atomic E-state index is -0.746. The molecule has 0 amide bonds. The minimum Gasteiger partial charge on any atom is -0.481 e. The van der Waals surface area contributed by atoms with Crippen LogP contribution in [0.25, 0.3) is 10.9 Å². The van der Waals surface area contributed by atoms with E-state index in [0.717, 1.165) is 16.5 Å². The number of rotatable bonds is 4. The first kappa shape index (κ1) is 10.7. The van der Waals surface area contributed by atoms with Gasteiger partial charge in [0.05, 0.1) is 0 Å². The summed E-state index contributed by atoms with van der Waals surface area (Å²) in [5.41, 5.74) is 2.19. The van der Waals surface area contributed by atoms with Crippen LogP contribution in [0.4, 0.5) is 0 Å². The van der Waals surface area contributed by atoms with E-state index in [1.165, 1.54) is 0 Å². The molecule has 0 aliphatic heterocycles. The van der Waals surface area contributed by atoms with E-state index in [4.69, 9.17) is 5.11 Å². The van der Waals surface area contributed by atoms with Crippen LogP contribution < -0.4 is 0 Å². The fourth-order valence-electron chi connectivity index (χ4n) is 1.89. The Balaban J connectivity index is 2.22. The van der Waals surface area contributed by atoms with Gasteiger partial charge in [-0.1, -0.05) is 6.92 Å². The fraction of sp³-hybridized carbons (Fsp3) is 0.333. The molecule has 4 heteroatoms. The van der Waals surface area contributed by atoms with Crippen LogP contribution in [-0.4, -0.2) is 21.0 Å². The standard InChI is InChI=1S/C12H14N2O2/c1-8(2-3-12(15)16)9-7-14-11-4-5-13-6-10(9)11/h4-8,14H,2-3H2,1H3,(H,15,16). The third kappa shape index (κ3) is 2.05. The Bertz CT molecular complexity index is 504. The number of aromatic nitrogens is 2. The molecule has 0 saturated heterocycles. The number of hydrogen-bond acceptors (Lipinski definition) is 2. The summed E-state index contributed by atoms with van der Waals surface area (Å²) in [5, 5.41) is 9.74. The van der Waals surface area contributed by atoms with Crippen molar-refractivity contribution in [2.75, 3.05) is 0 Å². The van der Waals surface area contributed by atoms with E-state index >= 15 is 0 Å². The zero-order valence-corrected chi connectivity index (χ0v) is 9.10. The van der Waals surface area contributed by atoms with E-state index in [-0.39, 0.29) is 12.3 Å². The van der Waals surface area contributed by atoms with Crippen molar-refractivity contribution in [2.24, 2.45) is 0 Å². The Hall–Kier alpha value is -1.84. The maximum absolute atomic E-state index is 10.5. The zero-order chi connectivity index (χ0) is 11.5. The van der Waals surface area contributed by atoms with Crippen molar-refractivity contribution >= 4 is 16.9 Å². The maximum atomic E-state index is 10.5. The number of carboxylic acids is 1. The molecule has 2 aromatic heterocycles. The highest BCUT2D eigenvalue weighted by molar-refractivity contribution is 5.82. The molecular formula is C12H14N2O2. The molecule has 0 aromatic carbocycles. The Kier molecular flexibility index (Phi) is 2.90. The molecule has 0 radical (unpaired) electrons. The van der Waals surface area contributed by atoms with Crippen molar-refractivity contribution in [3.8, 4) is 0 Å². The molecule has 0 spiro atoms. The van der Waals surface area contributed by atoms with Gasteiger partial charge in [0, 0.05) is 35.9 Å². The second-order valence-corrected chi connectivity index (χ2v) is 4.00. The Morgan fingerprint density at radius 1 is 1.62 bits per heavy atom. The molecule has 0 aliphatic carbocycles. The van der Waals surface area contributed by atoms with Gasteiger partial charge in [-0.25, -0.2) is 0 Å². The molecular weight excluding hydrogens is 204 g/mol. The molecule has 16 heavy (non-hydrogen) atoms. The highest BCUT2D eigenvalue weighted by Gasteiger charge is 2.12. The van der Waals surface area contributed by atoms with Crippen LogP contribution in [0.2, 0.25) is 0 Å². The van der Waals surface area contributed by atoms with Gasteiger partial charge in [0.15, 0.2) is 0 Å². The van der Waals surface area contributed by atoms with Crippen LogP contribution in [0.3, 0.4) is 0 Å². The van der Waals surface area contributed by atoms with Crippen LogP contribution >= 0.6 is 0 Å². The Morgan fingerprint density at radius 2 is 2.44 bits per heavy atom. The van der Waals surface area contributed by atoms with Gasteiger partial charge in [0.25, 0.3) is 0 Å². The third-order valence-electron chi connectivity index (χ3n) is 2.84. The van der Waals surface area contributed by atoms with E-state index in [1.54, 1.807) is 6.20 Å². The van der Waals surface area contributed by atoms with Crippen molar-refractivity contribution in [2.45, 2.75) is 25.7 Å². The van der Waals surface area contributed by atoms with Crippen LogP contribution in [-0.2, 0) is 4.79 Å². The first-order valence-corrected chi connectivity index (χ1v) is 5.31. The number of pyridine rings is 1. The molecule has 84 valence electrons. The fourth-order valence-corrected chi connectivity index (χ4v) is 1.89. The van der Waals surface area contributed by atoms with Crippen LogP contribution in [0.15, 0.2) is 24.7 Å². The topological polar surface area (TPSA) is 66.0 Å². The van der Waals surface area contributed by atoms with Crippen LogP contribution in [0, 0.1) is 0 Å². The molecule has 0 fully saturated rings. The molecule has 1 unspecified atom stereocenters. The maximum Gasteiger partial charge on any atom is 0.303 e. The molecule has 0 saturated carbocycles. The highest BCUT2D eigenvalue weighted by atomic mass is 16.4. The highest BCUT2D eigenvalue weighted by Crippen LogP contribution is 2.27. The minimum absolute atomic E-state index is 0.202. The first-order chi connectivity index (χ1) is 7.68. The molecule has 4 nitrogen and oxygen atoms in total. The first-order valence-electron chi connectivity index (χ1n) is 5.31. The lowest BCUT2D eigenvalue weighted by molar-refractivity contribution is -0.137. The number of fused-ring (bicyclic) bond motifs is 1. The van der Waals surface area contributed by atoms with Crippen molar-refractivity contribution in [1.29, 1.82) is 0 Å². The van der Waals surface area contributed by atoms with E-state index in [1.807, 2.05) is 25.4 Å². The van der Waals surface area contributed by atoms with Gasteiger partial charge in [-0.05, 0) is 24.0 Å². The average Bonchev–Trinajstić information content (AvgIpc) is 2.69. The summed E-state index contributed by atoms with van der Waals surface area (Å²) >= 11 is 0. The van der Waals surface area contributed by atoms with Crippen molar-refractivity contribution in [1.82, 2.24) is 9.97 Å². The Labute approximate surface area is 93.3 Å². The summed E-state index contributed by atoms with van der Waals surface area (Å²) in [7, 11) is 0. The number of hydrogen-bond donors (Lipinski definition) is 2. The van der Waals surface area contributed by atoms with E-state index in [0.29, 0.717) is 6.42 Å². The van der Waals surface area contributed by atoms with Gasteiger partial charge in [-0.2, -0.15) is 0 Å². The van der Waals surface area contributed by atoms with Gasteiger partial charge in [-0.15, -0.1) is 0 Å². The summed E-state index contributed by atoms with van der Waals surface area (Å²) in [5.74, 6) is -0.515. The quantitative estimate of drug-likeness (QED) is 0.828. The SMILES string of the molecule is CC(CCC(=O)O)c1c[nH]c2ccncc12. The lowest BCUT2D eigenvalue weighted by atomic mass is 9.96. The zero-order valence-electron chi connectivity index (χ0n) is 9.10. The number of nitrogens with zero attached hydrogens (tertiary/aromatic N) is 1. The molecule has 2 heterocycles. The predicted octanol–water partition coefficient (Wildman–Crippen LogP) is 2.53. The summed E-state index contributed by atoms with van der Waals surface area (Å²) < 4.78 is 0. The van der Waals surface area contributed by atoms with Gasteiger partial charge in [0.2, 0.25) is 0 Å². The lowest BCUT2D eigenvalue weighted by Crippen LogP contribution is -1.99. The Morgan fingerprint density at radius 3 is 3.19 bits per heavy atom. The second kappa shape index (κ2) is 4.35. The van der Waals surface area contributed by atoms with Crippen molar-refractivity contribution < 1.29 is 9.90 Å². The van der Waals surface area contributed by atoms with Crippen LogP contribution in [0.1, 0.15) is 31.2 Å². The second-order valence-electron chi connectivity index (χ2n) is 4.00. The van der Waals surface area contributed by atoms with E-state index in [2.05, 4.69) is 9.97 Å². The smallest absolute Gasteiger partial charge is 0.303 e. The van der Waals surface area contributed by atoms with Gasteiger partial charge < -0.3 is 10.1 Å². The van der Waals surface area contributed by atoms with Gasteiger partial charge in [0.1, 0.15) is 0 Å². The largest absolute Gasteiger partial charge is 0.481 e. The number of H-pyrrole nitrogens is 1. The molecule has 0 bridgehead atoms. The average molecular weight is 218 g/mol. The predicted molar refractivity (Wildman–Crippen MR) is 61.4 cm³/mol. The summed E-state index contributed by atoms with van der Waals surface area (Å²) in [4.78, 5) is 17.8. The number of carbonyl (C=O) groups is 1. The van der Waals surface area contributed by atoms with E-state index in [9.17, 15) is 4.79 Å². The molecule has 2 N–H and O–H groups in total. The number of carboxylic acid groups (broad SMARTS) is 1. The number of aliphatic carboxylic acids is 1. The third-order valence-corrected chi connectivity index (χ3v) is 2.84. The normalized spacial score (nSPS) is 12.8. The molecule has 0 aliphatic rings. The van der Waals surface area contributed by atoms with Gasteiger partial charge in [-0.3, -0.25) is 9.78 Å². The summed E-state index contributed by atoms with van der Waals surface area (Å²) in [6, 6.07) is 1.92. The monoisotopic (exact) mass is 218 g/mol. The van der Waals surface area contributed by atoms with Gasteiger partial charge >= 0.3 is 5.97 Å². The molecule has 1 atom stereocenters. The summed E-state index contributed by atoms with van der Waals surface area (Å²) in [6.07, 6.45) is 6.35. The van der Waals surface area contributed by atoms with Crippen molar-refractivity contribution in [3.05, 3.63) is 30.2 Å². The summed E-state index contributed by atoms with van der Waals surface area (Å²) in [6.45, 7) is 2.04. The van der Waals surface area contributed by atoms with Crippen molar-refractivity contribution in [3.63, 3.8) is 0 Å². The number of aromatic amines is 1. The van der Waals surface area contributed by atoms with Crippen LogP contribution in [0.5, 0.6) is 0 Å². The lowest BCUT2D eigenvalue weighted by Gasteiger charge is -2.08. The van der Waals surface area contributed by atoms with E-state index < -0.39 is 5.97 Å². The molecule has 2 rings (SSSR count). The number of nitrogens with one attached hydrogen (secondary N) is 1.